The molecule has 2 aromatic heterocycles. The second kappa shape index (κ2) is 18.0. The molecule has 0 N–H and O–H groups in total. The van der Waals surface area contributed by atoms with Gasteiger partial charge >= 0.3 is 0 Å². The summed E-state index contributed by atoms with van der Waals surface area (Å²) in [5, 5.41) is 16.2. The molecule has 2 aliphatic rings. The second-order valence-corrected chi connectivity index (χ2v) is 30.2. The highest BCUT2D eigenvalue weighted by Gasteiger charge is 2.47. The molecule has 0 atom stereocenters. The molecule has 0 bridgehead atoms. The quantitative estimate of drug-likeness (QED) is 0.103. The topological polar surface area (TPSA) is 8.17 Å². The van der Waals surface area contributed by atoms with E-state index in [2.05, 4.69) is 308 Å². The number of fused-ring (bicyclic) bond motifs is 11. The summed E-state index contributed by atoms with van der Waals surface area (Å²) in [6.45, 7) is 2.27. The number of benzene rings is 12. The van der Waals surface area contributed by atoms with Gasteiger partial charge in [-0.05, 0) is 119 Å². The lowest BCUT2D eigenvalue weighted by molar-refractivity contribution is 1.17. The van der Waals surface area contributed by atoms with Crippen LogP contribution in [0.5, 0.6) is 0 Å². The fourth-order valence-electron chi connectivity index (χ4n) is 14.4. The van der Waals surface area contributed by atoms with Crippen molar-refractivity contribution in [3.05, 3.63) is 297 Å². The lowest BCUT2D eigenvalue weighted by Gasteiger charge is -2.42. The van der Waals surface area contributed by atoms with Crippen LogP contribution < -0.4 is 62.8 Å². The number of aromatic nitrogens is 1. The van der Waals surface area contributed by atoms with Crippen LogP contribution in [0.3, 0.4) is 0 Å². The standard InChI is InChI=1S/C73H51BN2SSi2/c1-50-46-66-72-67(47-50)76-64-44-45-69-71(60-38-20-21-41-68(60)77-69)70(64)61-39-23-40-63(73(61)76)74(72)62-43-42-59(79(55-31-14-5-15-32-55,56-33-16-6-17-34-56)57-35-18-7-19-36-57)49-65(62)75(66)51-24-22-37-58(48-51)78(52-25-8-2-9-26-52,53-27-10-3-11-28-53)54-29-12-4-13-30-54/h2-49H,1H3. The average molecular weight is 1060 g/mol. The number of para-hydroxylation sites is 1. The van der Waals surface area contributed by atoms with Crippen LogP contribution in [0.15, 0.2) is 291 Å². The first kappa shape index (κ1) is 46.1. The van der Waals surface area contributed by atoms with Crippen molar-refractivity contribution in [1.29, 1.82) is 0 Å². The molecule has 6 heteroatoms. The third-order valence-electron chi connectivity index (χ3n) is 17.5. The monoisotopic (exact) mass is 1050 g/mol. The van der Waals surface area contributed by atoms with Gasteiger partial charge < -0.3 is 9.47 Å². The smallest absolute Gasteiger partial charge is 0.252 e. The van der Waals surface area contributed by atoms with Crippen LogP contribution >= 0.6 is 11.3 Å². The summed E-state index contributed by atoms with van der Waals surface area (Å²) in [6.07, 6.45) is 0. The maximum absolute atomic E-state index is 2.99. The number of hydrogen-bond acceptors (Lipinski definition) is 2. The molecule has 14 aromatic rings. The summed E-state index contributed by atoms with van der Waals surface area (Å²) >= 11 is 1.90. The van der Waals surface area contributed by atoms with Crippen LogP contribution in [0.4, 0.5) is 17.1 Å². The Balaban J connectivity index is 1.04. The first-order chi connectivity index (χ1) is 39.1. The molecular formula is C73H51BN2SSi2. The number of rotatable bonds is 9. The summed E-state index contributed by atoms with van der Waals surface area (Å²) in [6, 6.07) is 111. The van der Waals surface area contributed by atoms with Crippen molar-refractivity contribution in [3.63, 3.8) is 0 Å². The molecule has 16 rings (SSSR count). The van der Waals surface area contributed by atoms with Gasteiger partial charge in [0.15, 0.2) is 16.1 Å². The van der Waals surface area contributed by atoms with Crippen molar-refractivity contribution >= 4 is 151 Å². The minimum absolute atomic E-state index is 0.0306. The molecule has 0 spiro atoms. The first-order valence-corrected chi connectivity index (χ1v) is 32.3. The van der Waals surface area contributed by atoms with Gasteiger partial charge in [-0.25, -0.2) is 0 Å². The lowest BCUT2D eigenvalue weighted by atomic mass is 9.34. The van der Waals surface area contributed by atoms with E-state index in [0.717, 1.165) is 5.69 Å². The summed E-state index contributed by atoms with van der Waals surface area (Å²) in [5.41, 5.74) is 12.7. The molecule has 0 amide bonds. The number of thiophene rings is 1. The van der Waals surface area contributed by atoms with E-state index in [1.165, 1.54) is 122 Å². The molecule has 0 aliphatic carbocycles. The van der Waals surface area contributed by atoms with Gasteiger partial charge in [0.05, 0.1) is 5.52 Å². The fourth-order valence-corrected chi connectivity index (χ4v) is 25.1. The molecule has 0 saturated carbocycles. The molecule has 0 saturated heterocycles. The minimum Gasteiger partial charge on any atom is -0.311 e. The Morgan fingerprint density at radius 2 is 0.823 bits per heavy atom. The summed E-state index contributed by atoms with van der Waals surface area (Å²) in [4.78, 5) is 2.67. The summed E-state index contributed by atoms with van der Waals surface area (Å²) in [7, 11) is -5.93. The second-order valence-electron chi connectivity index (χ2n) is 21.5. The number of anilines is 3. The minimum atomic E-state index is -2.99. The maximum atomic E-state index is 2.67. The highest BCUT2D eigenvalue weighted by molar-refractivity contribution is 7.26. The Morgan fingerprint density at radius 3 is 1.39 bits per heavy atom. The van der Waals surface area contributed by atoms with E-state index in [4.69, 9.17) is 0 Å². The van der Waals surface area contributed by atoms with Crippen molar-refractivity contribution in [3.8, 4) is 5.69 Å². The maximum Gasteiger partial charge on any atom is 0.252 e. The zero-order valence-corrected chi connectivity index (χ0v) is 46.4. The van der Waals surface area contributed by atoms with Crippen LogP contribution in [0.2, 0.25) is 0 Å². The largest absolute Gasteiger partial charge is 0.311 e. The molecular weight excluding hydrogens is 1000 g/mol. The van der Waals surface area contributed by atoms with Gasteiger partial charge in [0.1, 0.15) is 0 Å². The van der Waals surface area contributed by atoms with Crippen molar-refractivity contribution < 1.29 is 0 Å². The normalized spacial score (nSPS) is 12.8. The molecule has 0 radical (unpaired) electrons. The van der Waals surface area contributed by atoms with Crippen LogP contribution in [0, 0.1) is 6.92 Å². The third-order valence-corrected chi connectivity index (χ3v) is 28.2. The van der Waals surface area contributed by atoms with E-state index < -0.39 is 16.1 Å². The van der Waals surface area contributed by atoms with E-state index in [-0.39, 0.29) is 6.71 Å². The van der Waals surface area contributed by atoms with Crippen molar-refractivity contribution in [1.82, 2.24) is 4.57 Å². The molecule has 370 valence electrons. The number of hydrogen-bond donors (Lipinski definition) is 0. The van der Waals surface area contributed by atoms with Crippen molar-refractivity contribution in [2.75, 3.05) is 4.90 Å². The Kier molecular flexibility index (Phi) is 10.5. The molecule has 2 nitrogen and oxygen atoms in total. The zero-order valence-electron chi connectivity index (χ0n) is 43.6. The predicted molar refractivity (Wildman–Crippen MR) is 345 cm³/mol. The molecule has 0 fully saturated rings. The Labute approximate surface area is 466 Å². The number of aryl methyl sites for hydroxylation is 1. The first-order valence-electron chi connectivity index (χ1n) is 27.5. The Morgan fingerprint density at radius 1 is 0.342 bits per heavy atom. The van der Waals surface area contributed by atoms with E-state index >= 15 is 0 Å². The third kappa shape index (κ3) is 6.63. The summed E-state index contributed by atoms with van der Waals surface area (Å²) in [5.74, 6) is 0. The fraction of sp³-hybridized carbons (Fsp3) is 0.0137. The predicted octanol–water partition coefficient (Wildman–Crippen LogP) is 10.8. The Bertz CT molecular complexity index is 4490. The highest BCUT2D eigenvalue weighted by atomic mass is 32.1. The number of nitrogens with zero attached hydrogens (tertiary/aromatic N) is 2. The van der Waals surface area contributed by atoms with Crippen LogP contribution in [-0.4, -0.2) is 27.4 Å². The molecule has 2 aliphatic heterocycles. The van der Waals surface area contributed by atoms with Crippen molar-refractivity contribution in [2.24, 2.45) is 0 Å². The van der Waals surface area contributed by atoms with Gasteiger partial charge in [0.25, 0.3) is 6.71 Å². The van der Waals surface area contributed by atoms with Gasteiger partial charge in [0, 0.05) is 59.2 Å². The van der Waals surface area contributed by atoms with Crippen LogP contribution in [0.1, 0.15) is 5.56 Å². The summed E-state index contributed by atoms with van der Waals surface area (Å²) < 4.78 is 5.30. The van der Waals surface area contributed by atoms with E-state index in [0.29, 0.717) is 0 Å². The van der Waals surface area contributed by atoms with Crippen LogP contribution in [-0.2, 0) is 0 Å². The van der Waals surface area contributed by atoms with Gasteiger partial charge in [-0.1, -0.05) is 243 Å². The Hall–Kier alpha value is -9.04. The van der Waals surface area contributed by atoms with Crippen LogP contribution in [0.25, 0.3) is 47.7 Å². The highest BCUT2D eigenvalue weighted by Crippen LogP contribution is 2.46. The lowest BCUT2D eigenvalue weighted by Crippen LogP contribution is -2.75. The van der Waals surface area contributed by atoms with E-state index in [1.807, 2.05) is 11.3 Å². The van der Waals surface area contributed by atoms with Gasteiger partial charge in [-0.15, -0.1) is 11.3 Å². The van der Waals surface area contributed by atoms with Gasteiger partial charge in [0.2, 0.25) is 0 Å². The average Bonchev–Trinajstić information content (AvgIpc) is 4.23. The van der Waals surface area contributed by atoms with E-state index in [9.17, 15) is 0 Å². The SMILES string of the molecule is Cc1cc2c3c(c1)-n1c4ccc5sc6ccccc6c5c4c4cccc(c41)B3c1ccc([Si](c3ccccc3)(c3ccccc3)c3ccccc3)cc1N2c1cccc([Si](c2ccccc2)(c2ccccc2)c2ccccc2)c1. The van der Waals surface area contributed by atoms with Gasteiger partial charge in [-0.3, -0.25) is 0 Å². The zero-order chi connectivity index (χ0) is 52.2. The molecule has 79 heavy (non-hydrogen) atoms. The molecule has 4 heterocycles. The molecule has 12 aromatic carbocycles. The van der Waals surface area contributed by atoms with Gasteiger partial charge in [-0.2, -0.15) is 0 Å². The molecule has 0 unspecified atom stereocenters. The van der Waals surface area contributed by atoms with Crippen molar-refractivity contribution in [2.45, 2.75) is 6.92 Å². The van der Waals surface area contributed by atoms with E-state index in [1.54, 1.807) is 0 Å².